The van der Waals surface area contributed by atoms with E-state index in [2.05, 4.69) is 41.8 Å². The largest absolute Gasteiger partial charge is 0.507 e. The van der Waals surface area contributed by atoms with Gasteiger partial charge in [0.2, 0.25) is 11.8 Å². The quantitative estimate of drug-likeness (QED) is 0.162. The van der Waals surface area contributed by atoms with E-state index in [1.807, 2.05) is 50.2 Å². The summed E-state index contributed by atoms with van der Waals surface area (Å²) in [6, 6.07) is 17.6. The lowest BCUT2D eigenvalue weighted by Gasteiger charge is -2.02. The summed E-state index contributed by atoms with van der Waals surface area (Å²) < 4.78 is 13.3. The van der Waals surface area contributed by atoms with E-state index in [1.54, 1.807) is 6.07 Å². The normalized spacial score (nSPS) is 11.0. The van der Waals surface area contributed by atoms with Gasteiger partial charge in [-0.15, -0.1) is 0 Å². The fourth-order valence-electron chi connectivity index (χ4n) is 4.12. The van der Waals surface area contributed by atoms with Crippen molar-refractivity contribution in [1.29, 1.82) is 0 Å². The molecule has 8 nitrogen and oxygen atoms in total. The zero-order chi connectivity index (χ0) is 28.6. The van der Waals surface area contributed by atoms with Crippen molar-refractivity contribution in [2.45, 2.75) is 20.5 Å². The average molecular weight is 666 g/mol. The SMILES string of the molecule is Cc1c(Br)cccc1-c1nc2cc(C=O)c(O)cc2o1.Cc1c(Br)cccc1-c1nc2cc(CO)c(O)cc2o1. The highest BCUT2D eigenvalue weighted by atomic mass is 79.9. The molecular weight excluding hydrogens is 644 g/mol. The highest BCUT2D eigenvalue weighted by Crippen LogP contribution is 2.34. The van der Waals surface area contributed by atoms with Crippen LogP contribution >= 0.6 is 31.9 Å². The number of hydrogen-bond donors (Lipinski definition) is 3. The van der Waals surface area contributed by atoms with Crippen molar-refractivity contribution in [3.05, 3.63) is 91.9 Å². The summed E-state index contributed by atoms with van der Waals surface area (Å²) in [5.41, 5.74) is 6.52. The second kappa shape index (κ2) is 11.2. The molecule has 0 unspecified atom stereocenters. The third kappa shape index (κ3) is 5.25. The van der Waals surface area contributed by atoms with E-state index in [9.17, 15) is 15.0 Å². The minimum atomic E-state index is -0.236. The fraction of sp³-hybridized carbons (Fsp3) is 0.100. The van der Waals surface area contributed by atoms with Crippen LogP contribution in [0.2, 0.25) is 0 Å². The predicted octanol–water partition coefficient (Wildman–Crippen LogP) is 7.85. The van der Waals surface area contributed by atoms with Gasteiger partial charge in [0.05, 0.1) is 12.2 Å². The molecule has 0 saturated heterocycles. The van der Waals surface area contributed by atoms with Crippen LogP contribution in [0.15, 0.2) is 78.4 Å². The number of aromatic hydroxyl groups is 2. The highest BCUT2D eigenvalue weighted by Gasteiger charge is 2.15. The van der Waals surface area contributed by atoms with Crippen LogP contribution in [-0.2, 0) is 6.61 Å². The van der Waals surface area contributed by atoms with Crippen molar-refractivity contribution in [1.82, 2.24) is 9.97 Å². The van der Waals surface area contributed by atoms with Crippen molar-refractivity contribution in [3.8, 4) is 34.4 Å². The van der Waals surface area contributed by atoms with Gasteiger partial charge in [-0.2, -0.15) is 0 Å². The number of benzene rings is 4. The van der Waals surface area contributed by atoms with Gasteiger partial charge >= 0.3 is 0 Å². The number of aldehydes is 1. The fourth-order valence-corrected chi connectivity index (χ4v) is 4.85. The Morgan fingerprint density at radius 3 is 1.77 bits per heavy atom. The van der Waals surface area contributed by atoms with Crippen molar-refractivity contribution in [3.63, 3.8) is 0 Å². The maximum Gasteiger partial charge on any atom is 0.227 e. The number of rotatable bonds is 4. The van der Waals surface area contributed by atoms with E-state index in [4.69, 9.17) is 13.9 Å². The van der Waals surface area contributed by atoms with Gasteiger partial charge in [-0.25, -0.2) is 9.97 Å². The number of fused-ring (bicyclic) bond motifs is 2. The van der Waals surface area contributed by atoms with Crippen LogP contribution in [0, 0.1) is 13.8 Å². The van der Waals surface area contributed by atoms with Crippen molar-refractivity contribution in [2.75, 3.05) is 0 Å². The lowest BCUT2D eigenvalue weighted by Crippen LogP contribution is -1.85. The third-order valence-electron chi connectivity index (χ3n) is 6.42. The Morgan fingerprint density at radius 2 is 1.27 bits per heavy atom. The summed E-state index contributed by atoms with van der Waals surface area (Å²) >= 11 is 6.94. The first-order chi connectivity index (χ1) is 19.2. The molecule has 0 aliphatic heterocycles. The Morgan fingerprint density at radius 1 is 0.775 bits per heavy atom. The molecule has 6 aromatic rings. The summed E-state index contributed by atoms with van der Waals surface area (Å²) in [6.45, 7) is 3.70. The van der Waals surface area contributed by atoms with Crippen LogP contribution in [0.5, 0.6) is 11.5 Å². The van der Waals surface area contributed by atoms with E-state index in [-0.39, 0.29) is 23.7 Å². The topological polar surface area (TPSA) is 130 Å². The van der Waals surface area contributed by atoms with Gasteiger partial charge in [0.25, 0.3) is 0 Å². The summed E-state index contributed by atoms with van der Waals surface area (Å²) in [5.74, 6) is 0.851. The molecule has 2 heterocycles. The van der Waals surface area contributed by atoms with Crippen molar-refractivity contribution < 1.29 is 28.9 Å². The first-order valence-corrected chi connectivity index (χ1v) is 13.6. The number of carbonyl (C=O) groups excluding carboxylic acids is 1. The maximum atomic E-state index is 10.8. The number of carbonyl (C=O) groups is 1. The van der Waals surface area contributed by atoms with Crippen molar-refractivity contribution in [2.24, 2.45) is 0 Å². The number of oxazole rings is 2. The number of hydrogen-bond acceptors (Lipinski definition) is 8. The minimum absolute atomic E-state index is 0.00802. The van der Waals surface area contributed by atoms with E-state index in [1.165, 1.54) is 18.2 Å². The van der Waals surface area contributed by atoms with Crippen LogP contribution in [0.25, 0.3) is 45.1 Å². The minimum Gasteiger partial charge on any atom is -0.507 e. The molecule has 0 bridgehead atoms. The number of aromatic nitrogens is 2. The zero-order valence-corrected chi connectivity index (χ0v) is 24.4. The van der Waals surface area contributed by atoms with Crippen LogP contribution < -0.4 is 0 Å². The second-order valence-electron chi connectivity index (χ2n) is 8.97. The Bertz CT molecular complexity index is 1890. The molecule has 3 N–H and O–H groups in total. The summed E-state index contributed by atoms with van der Waals surface area (Å²) in [7, 11) is 0. The van der Waals surface area contributed by atoms with E-state index in [0.29, 0.717) is 45.8 Å². The lowest BCUT2D eigenvalue weighted by atomic mass is 10.1. The number of aliphatic hydroxyl groups is 1. The highest BCUT2D eigenvalue weighted by molar-refractivity contribution is 9.10. The molecule has 0 saturated carbocycles. The average Bonchev–Trinajstić information content (AvgIpc) is 3.54. The van der Waals surface area contributed by atoms with Gasteiger partial charge < -0.3 is 24.2 Å². The molecule has 0 atom stereocenters. The van der Waals surface area contributed by atoms with Gasteiger partial charge in [0.1, 0.15) is 22.5 Å². The van der Waals surface area contributed by atoms with Crippen molar-refractivity contribution >= 4 is 60.3 Å². The number of aliphatic hydroxyl groups excluding tert-OH is 1. The van der Waals surface area contributed by atoms with Gasteiger partial charge in [0.15, 0.2) is 17.5 Å². The molecule has 4 aromatic carbocycles. The van der Waals surface area contributed by atoms with Crippen LogP contribution in [0.4, 0.5) is 0 Å². The molecule has 0 spiro atoms. The molecule has 2 aromatic heterocycles. The second-order valence-corrected chi connectivity index (χ2v) is 10.7. The van der Waals surface area contributed by atoms with Crippen LogP contribution in [-0.4, -0.2) is 31.6 Å². The molecule has 0 radical (unpaired) electrons. The molecule has 0 aliphatic carbocycles. The molecule has 0 amide bonds. The standard InChI is InChI=1S/C15H12BrNO3.C15H10BrNO3/c2*1-8-10(3-2-4-11(8)16)15-17-12-5-9(7-18)13(19)6-14(12)20-15/h2-6,18-19H,7H2,1H3;2-7,19H,1H3. The Kier molecular flexibility index (Phi) is 7.75. The molecule has 40 heavy (non-hydrogen) atoms. The van der Waals surface area contributed by atoms with Crippen LogP contribution in [0.3, 0.4) is 0 Å². The van der Waals surface area contributed by atoms with Gasteiger partial charge in [-0.3, -0.25) is 4.79 Å². The smallest absolute Gasteiger partial charge is 0.227 e. The monoisotopic (exact) mass is 664 g/mol. The number of phenols is 2. The van der Waals surface area contributed by atoms with E-state index in [0.717, 1.165) is 31.2 Å². The summed E-state index contributed by atoms with van der Waals surface area (Å²) in [6.07, 6.45) is 0.591. The molecular formula is C30H22Br2N2O6. The Labute approximate surface area is 245 Å². The molecule has 202 valence electrons. The van der Waals surface area contributed by atoms with Gasteiger partial charge in [-0.1, -0.05) is 44.0 Å². The van der Waals surface area contributed by atoms with Crippen LogP contribution in [0.1, 0.15) is 27.0 Å². The molecule has 6 rings (SSSR count). The number of phenolic OH excluding ortho intramolecular Hbond substituents is 1. The Hall–Kier alpha value is -3.99. The maximum absolute atomic E-state index is 10.8. The molecule has 0 fully saturated rings. The van der Waals surface area contributed by atoms with E-state index < -0.39 is 0 Å². The molecule has 10 heteroatoms. The van der Waals surface area contributed by atoms with Gasteiger partial charge in [-0.05, 0) is 61.4 Å². The predicted molar refractivity (Wildman–Crippen MR) is 158 cm³/mol. The zero-order valence-electron chi connectivity index (χ0n) is 21.3. The third-order valence-corrected chi connectivity index (χ3v) is 8.14. The number of halogens is 2. The Balaban J connectivity index is 0.000000161. The van der Waals surface area contributed by atoms with E-state index >= 15 is 0 Å². The van der Waals surface area contributed by atoms with Gasteiger partial charge in [0, 0.05) is 37.8 Å². The first-order valence-electron chi connectivity index (χ1n) is 12.0. The lowest BCUT2D eigenvalue weighted by molar-refractivity contribution is 0.112. The summed E-state index contributed by atoms with van der Waals surface area (Å²) in [4.78, 5) is 19.6. The number of nitrogens with zero attached hydrogens (tertiary/aromatic N) is 2. The molecule has 0 aliphatic rings. The summed E-state index contributed by atoms with van der Waals surface area (Å²) in [5, 5.41) is 28.5. The first kappa shape index (κ1) is 27.6.